The zero-order valence-electron chi connectivity index (χ0n) is 15.0. The minimum absolute atomic E-state index is 0.201. The molecular weight excluding hydrogens is 264 g/mol. The first-order valence-electron chi connectivity index (χ1n) is 8.31. The van der Waals surface area contributed by atoms with E-state index >= 15 is 0 Å². The van der Waals surface area contributed by atoms with Crippen molar-refractivity contribution in [3.05, 3.63) is 71.3 Å². The van der Waals surface area contributed by atoms with Crippen LogP contribution in [0.3, 0.4) is 0 Å². The van der Waals surface area contributed by atoms with Crippen LogP contribution in [0.2, 0.25) is 0 Å². The van der Waals surface area contributed by atoms with Gasteiger partial charge in [-0.25, -0.2) is 0 Å². The minimum atomic E-state index is 0.201. The molecule has 0 heterocycles. The van der Waals surface area contributed by atoms with Crippen molar-refractivity contribution >= 4 is 0 Å². The van der Waals surface area contributed by atoms with E-state index in [1.165, 1.54) is 16.7 Å². The van der Waals surface area contributed by atoms with Crippen LogP contribution in [-0.4, -0.2) is 0 Å². The largest absolute Gasteiger partial charge is 0.0622 e. The van der Waals surface area contributed by atoms with Gasteiger partial charge in [-0.15, -0.1) is 0 Å². The lowest BCUT2D eigenvalue weighted by Crippen LogP contribution is -2.19. The molecular formula is C22H30. The number of hydrogen-bond acceptors (Lipinski definition) is 0. The summed E-state index contributed by atoms with van der Waals surface area (Å²) in [5, 5.41) is 0. The fourth-order valence-corrected chi connectivity index (χ4v) is 3.28. The monoisotopic (exact) mass is 294 g/mol. The molecule has 0 spiro atoms. The molecule has 1 unspecified atom stereocenters. The first kappa shape index (κ1) is 16.8. The fraction of sp³-hybridized carbons (Fsp3) is 0.455. The van der Waals surface area contributed by atoms with Crippen LogP contribution in [0.4, 0.5) is 0 Å². The van der Waals surface area contributed by atoms with Gasteiger partial charge in [0.15, 0.2) is 0 Å². The van der Waals surface area contributed by atoms with Gasteiger partial charge in [0.05, 0.1) is 0 Å². The van der Waals surface area contributed by atoms with E-state index in [4.69, 9.17) is 0 Å². The first-order chi connectivity index (χ1) is 10.2. The van der Waals surface area contributed by atoms with Crippen molar-refractivity contribution in [1.82, 2.24) is 0 Å². The van der Waals surface area contributed by atoms with Crippen LogP contribution in [-0.2, 0) is 6.42 Å². The molecule has 0 amide bonds. The number of hydrogen-bond donors (Lipinski definition) is 0. The molecule has 0 aliphatic rings. The maximum atomic E-state index is 2.33. The van der Waals surface area contributed by atoms with E-state index in [0.29, 0.717) is 11.3 Å². The molecule has 0 N–H and O–H groups in total. The van der Waals surface area contributed by atoms with E-state index in [1.807, 2.05) is 0 Å². The normalized spacial score (nSPS) is 13.9. The summed E-state index contributed by atoms with van der Waals surface area (Å²) in [6.07, 6.45) is 1.12. The third kappa shape index (κ3) is 4.47. The highest BCUT2D eigenvalue weighted by Crippen LogP contribution is 2.40. The lowest BCUT2D eigenvalue weighted by Gasteiger charge is -2.32. The maximum Gasteiger partial charge on any atom is 0.0138 e. The van der Waals surface area contributed by atoms with Gasteiger partial charge in [-0.05, 0) is 33.9 Å². The molecule has 0 nitrogen and oxygen atoms in total. The molecule has 1 atom stereocenters. The summed E-state index contributed by atoms with van der Waals surface area (Å²) in [5.41, 5.74) is 4.78. The summed E-state index contributed by atoms with van der Waals surface area (Å²) in [6, 6.07) is 20.1. The summed E-state index contributed by atoms with van der Waals surface area (Å²) in [5.74, 6) is 0.428. The minimum Gasteiger partial charge on any atom is -0.0622 e. The Morgan fingerprint density at radius 2 is 1.18 bits per heavy atom. The first-order valence-corrected chi connectivity index (χ1v) is 8.31. The van der Waals surface area contributed by atoms with E-state index in [1.54, 1.807) is 0 Å². The standard InChI is InChI=1S/C22H30/c1-21(2,3)16-17-12-14-19(15-13-17)20(22(4,5)6)18-10-8-7-9-11-18/h7-15,20H,16H2,1-6H3. The molecule has 0 saturated carbocycles. The van der Waals surface area contributed by atoms with Gasteiger partial charge in [0.2, 0.25) is 0 Å². The Morgan fingerprint density at radius 1 is 0.682 bits per heavy atom. The zero-order chi connectivity index (χ0) is 16.4. The van der Waals surface area contributed by atoms with Crippen LogP contribution in [0.15, 0.2) is 54.6 Å². The molecule has 0 aromatic heterocycles. The van der Waals surface area contributed by atoms with Gasteiger partial charge >= 0.3 is 0 Å². The molecule has 0 bridgehead atoms. The zero-order valence-corrected chi connectivity index (χ0v) is 15.0. The molecule has 0 aliphatic heterocycles. The van der Waals surface area contributed by atoms with Crippen LogP contribution in [0, 0.1) is 10.8 Å². The third-order valence-electron chi connectivity index (χ3n) is 4.05. The summed E-state index contributed by atoms with van der Waals surface area (Å²) in [4.78, 5) is 0. The van der Waals surface area contributed by atoms with Crippen LogP contribution < -0.4 is 0 Å². The quantitative estimate of drug-likeness (QED) is 0.610. The SMILES string of the molecule is CC(C)(C)Cc1ccc(C(c2ccccc2)C(C)(C)C)cc1. The third-order valence-corrected chi connectivity index (χ3v) is 4.05. The van der Waals surface area contributed by atoms with Crippen molar-refractivity contribution in [3.8, 4) is 0 Å². The van der Waals surface area contributed by atoms with Gasteiger partial charge in [0, 0.05) is 5.92 Å². The molecule has 0 aliphatic carbocycles. The van der Waals surface area contributed by atoms with E-state index < -0.39 is 0 Å². The maximum absolute atomic E-state index is 2.33. The molecule has 0 heteroatoms. The van der Waals surface area contributed by atoms with E-state index in [0.717, 1.165) is 6.42 Å². The van der Waals surface area contributed by atoms with Crippen molar-refractivity contribution in [2.24, 2.45) is 10.8 Å². The van der Waals surface area contributed by atoms with E-state index in [2.05, 4.69) is 96.1 Å². The molecule has 0 fully saturated rings. The van der Waals surface area contributed by atoms with Crippen molar-refractivity contribution < 1.29 is 0 Å². The second kappa shape index (κ2) is 6.28. The second-order valence-electron chi connectivity index (χ2n) is 8.69. The summed E-state index contributed by atoms with van der Waals surface area (Å²) < 4.78 is 0. The highest BCUT2D eigenvalue weighted by Gasteiger charge is 2.27. The lowest BCUT2D eigenvalue weighted by atomic mass is 9.72. The predicted octanol–water partition coefficient (Wildman–Crippen LogP) is 6.45. The average Bonchev–Trinajstić information content (AvgIpc) is 2.39. The van der Waals surface area contributed by atoms with Gasteiger partial charge < -0.3 is 0 Å². The second-order valence-corrected chi connectivity index (χ2v) is 8.69. The predicted molar refractivity (Wildman–Crippen MR) is 97.3 cm³/mol. The Labute approximate surface area is 136 Å². The van der Waals surface area contributed by atoms with Gasteiger partial charge in [-0.1, -0.05) is 96.1 Å². The number of rotatable bonds is 3. The Bertz CT molecular complexity index is 577. The summed E-state index contributed by atoms with van der Waals surface area (Å²) in [7, 11) is 0. The van der Waals surface area contributed by atoms with Crippen LogP contribution in [0.1, 0.15) is 64.2 Å². The van der Waals surface area contributed by atoms with Gasteiger partial charge in [0.1, 0.15) is 0 Å². The molecule has 118 valence electrons. The molecule has 0 radical (unpaired) electrons. The van der Waals surface area contributed by atoms with Crippen LogP contribution >= 0.6 is 0 Å². The van der Waals surface area contributed by atoms with Crippen LogP contribution in [0.5, 0.6) is 0 Å². The van der Waals surface area contributed by atoms with Gasteiger partial charge in [-0.3, -0.25) is 0 Å². The summed E-state index contributed by atoms with van der Waals surface area (Å²) in [6.45, 7) is 13.9. The molecule has 2 rings (SSSR count). The number of benzene rings is 2. The van der Waals surface area contributed by atoms with Crippen molar-refractivity contribution in [2.75, 3.05) is 0 Å². The van der Waals surface area contributed by atoms with Crippen LogP contribution in [0.25, 0.3) is 0 Å². The summed E-state index contributed by atoms with van der Waals surface area (Å²) >= 11 is 0. The van der Waals surface area contributed by atoms with Gasteiger partial charge in [-0.2, -0.15) is 0 Å². The Balaban J connectivity index is 2.34. The Morgan fingerprint density at radius 3 is 1.64 bits per heavy atom. The fourth-order valence-electron chi connectivity index (χ4n) is 3.28. The van der Waals surface area contributed by atoms with Crippen molar-refractivity contribution in [1.29, 1.82) is 0 Å². The highest BCUT2D eigenvalue weighted by atomic mass is 14.3. The molecule has 2 aromatic rings. The van der Waals surface area contributed by atoms with E-state index in [9.17, 15) is 0 Å². The average molecular weight is 294 g/mol. The van der Waals surface area contributed by atoms with E-state index in [-0.39, 0.29) is 5.41 Å². The Kier molecular flexibility index (Phi) is 4.80. The Hall–Kier alpha value is -1.56. The van der Waals surface area contributed by atoms with Crippen molar-refractivity contribution in [3.63, 3.8) is 0 Å². The highest BCUT2D eigenvalue weighted by molar-refractivity contribution is 5.36. The molecule has 2 aromatic carbocycles. The smallest absolute Gasteiger partial charge is 0.0138 e. The lowest BCUT2D eigenvalue weighted by molar-refractivity contribution is 0.358. The van der Waals surface area contributed by atoms with Gasteiger partial charge in [0.25, 0.3) is 0 Å². The topological polar surface area (TPSA) is 0 Å². The molecule has 0 saturated heterocycles. The van der Waals surface area contributed by atoms with Crippen molar-refractivity contribution in [2.45, 2.75) is 53.9 Å². The molecule has 22 heavy (non-hydrogen) atoms.